The molecule has 2 amide bonds. The molecule has 106 valence electrons. The van der Waals surface area contributed by atoms with Gasteiger partial charge in [0, 0.05) is 13.1 Å². The van der Waals surface area contributed by atoms with Gasteiger partial charge in [-0.2, -0.15) is 5.26 Å². The molecule has 1 aliphatic rings. The summed E-state index contributed by atoms with van der Waals surface area (Å²) in [6.07, 6.45) is -0.241. The van der Waals surface area contributed by atoms with E-state index in [9.17, 15) is 9.59 Å². The summed E-state index contributed by atoms with van der Waals surface area (Å²) in [5, 5.41) is 20.3. The van der Waals surface area contributed by atoms with Crippen molar-refractivity contribution in [2.45, 2.75) is 26.4 Å². The van der Waals surface area contributed by atoms with E-state index < -0.39 is 17.5 Å². The van der Waals surface area contributed by atoms with Crippen LogP contribution in [0.3, 0.4) is 0 Å². The summed E-state index contributed by atoms with van der Waals surface area (Å²) in [4.78, 5) is 24.2. The lowest BCUT2D eigenvalue weighted by Gasteiger charge is -2.30. The topological polar surface area (TPSA) is 103 Å². The van der Waals surface area contributed by atoms with Gasteiger partial charge in [0.05, 0.1) is 24.6 Å². The summed E-state index contributed by atoms with van der Waals surface area (Å²) < 4.78 is 5.14. The molecule has 2 N–H and O–H groups in total. The number of rotatable bonds is 4. The van der Waals surface area contributed by atoms with Gasteiger partial charge in [-0.25, -0.2) is 4.79 Å². The number of urea groups is 1. The molecule has 19 heavy (non-hydrogen) atoms. The van der Waals surface area contributed by atoms with Crippen LogP contribution in [0.2, 0.25) is 0 Å². The zero-order chi connectivity index (χ0) is 14.5. The first-order valence-electron chi connectivity index (χ1n) is 6.14. The third-order valence-corrected chi connectivity index (χ3v) is 3.10. The van der Waals surface area contributed by atoms with E-state index in [1.54, 1.807) is 13.8 Å². The van der Waals surface area contributed by atoms with E-state index in [2.05, 4.69) is 5.32 Å². The number of carbonyl (C=O) groups is 2. The number of ether oxygens (including phenoxy) is 1. The summed E-state index contributed by atoms with van der Waals surface area (Å²) in [7, 11) is 0. The highest BCUT2D eigenvalue weighted by Crippen LogP contribution is 2.19. The van der Waals surface area contributed by atoms with E-state index in [-0.39, 0.29) is 19.1 Å². The molecule has 1 aliphatic heterocycles. The second-order valence-corrected chi connectivity index (χ2v) is 5.11. The van der Waals surface area contributed by atoms with Gasteiger partial charge in [0.2, 0.25) is 0 Å². The fourth-order valence-corrected chi connectivity index (χ4v) is 1.61. The number of carbonyl (C=O) groups excluding carboxylic acids is 1. The first-order chi connectivity index (χ1) is 8.86. The Labute approximate surface area is 112 Å². The van der Waals surface area contributed by atoms with Crippen molar-refractivity contribution in [3.05, 3.63) is 0 Å². The van der Waals surface area contributed by atoms with Crippen LogP contribution in [0.25, 0.3) is 0 Å². The molecule has 1 heterocycles. The molecule has 0 aliphatic carbocycles. The summed E-state index contributed by atoms with van der Waals surface area (Å²) in [5.41, 5.74) is -0.868. The van der Waals surface area contributed by atoms with Gasteiger partial charge in [-0.05, 0) is 20.3 Å². The zero-order valence-corrected chi connectivity index (χ0v) is 11.2. The second-order valence-electron chi connectivity index (χ2n) is 5.11. The molecule has 0 aromatic rings. The largest absolute Gasteiger partial charge is 0.481 e. The summed E-state index contributed by atoms with van der Waals surface area (Å²) >= 11 is 0. The van der Waals surface area contributed by atoms with Crippen LogP contribution in [0.15, 0.2) is 0 Å². The minimum absolute atomic E-state index is 0.241. The molecule has 0 saturated carbocycles. The Bertz CT molecular complexity index is 389. The maximum absolute atomic E-state index is 11.8. The van der Waals surface area contributed by atoms with Crippen LogP contribution in [-0.2, 0) is 9.53 Å². The predicted molar refractivity (Wildman–Crippen MR) is 66.4 cm³/mol. The van der Waals surface area contributed by atoms with E-state index in [0.717, 1.165) is 0 Å². The lowest BCUT2D eigenvalue weighted by Crippen LogP contribution is -2.49. The highest BCUT2D eigenvalue weighted by molar-refractivity contribution is 5.75. The van der Waals surface area contributed by atoms with E-state index in [1.165, 1.54) is 4.90 Å². The van der Waals surface area contributed by atoms with Crippen molar-refractivity contribution < 1.29 is 19.4 Å². The molecule has 1 atom stereocenters. The van der Waals surface area contributed by atoms with E-state index >= 15 is 0 Å². The van der Waals surface area contributed by atoms with Crippen molar-refractivity contribution >= 4 is 12.0 Å². The highest BCUT2D eigenvalue weighted by atomic mass is 16.5. The van der Waals surface area contributed by atoms with Crippen molar-refractivity contribution in [1.82, 2.24) is 10.2 Å². The molecule has 0 aromatic heterocycles. The van der Waals surface area contributed by atoms with Gasteiger partial charge in [0.15, 0.2) is 6.10 Å². The van der Waals surface area contributed by atoms with Crippen molar-refractivity contribution in [3.8, 4) is 6.07 Å². The fraction of sp³-hybridized carbons (Fsp3) is 0.750. The Hall–Kier alpha value is -1.81. The minimum atomic E-state index is -0.891. The number of nitrogens with one attached hydrogen (secondary N) is 1. The molecule has 1 unspecified atom stereocenters. The van der Waals surface area contributed by atoms with Crippen LogP contribution in [-0.4, -0.2) is 54.4 Å². The lowest BCUT2D eigenvalue weighted by molar-refractivity contribution is -0.147. The first kappa shape index (κ1) is 15.2. The maximum atomic E-state index is 11.8. The van der Waals surface area contributed by atoms with E-state index in [0.29, 0.717) is 19.6 Å². The molecular formula is C12H19N3O4. The number of carboxylic acids is 1. The van der Waals surface area contributed by atoms with Gasteiger partial charge in [-0.15, -0.1) is 0 Å². The molecule has 1 saturated heterocycles. The average molecular weight is 269 g/mol. The fourth-order valence-electron chi connectivity index (χ4n) is 1.61. The van der Waals surface area contributed by atoms with Gasteiger partial charge in [-0.1, -0.05) is 0 Å². The van der Waals surface area contributed by atoms with Gasteiger partial charge in [-0.3, -0.25) is 4.79 Å². The van der Waals surface area contributed by atoms with Gasteiger partial charge in [0.1, 0.15) is 0 Å². The van der Waals surface area contributed by atoms with Crippen LogP contribution in [0.5, 0.6) is 0 Å². The monoisotopic (exact) mass is 269 g/mol. The number of aliphatic carboxylic acids is 1. The number of amides is 2. The Morgan fingerprint density at radius 2 is 2.26 bits per heavy atom. The van der Waals surface area contributed by atoms with Gasteiger partial charge >= 0.3 is 12.0 Å². The second kappa shape index (κ2) is 6.38. The lowest BCUT2D eigenvalue weighted by atomic mass is 9.90. The molecule has 0 aromatic carbocycles. The third kappa shape index (κ3) is 4.41. The third-order valence-electron chi connectivity index (χ3n) is 3.10. The molecule has 0 radical (unpaired) electrons. The molecule has 1 rings (SSSR count). The zero-order valence-electron chi connectivity index (χ0n) is 11.2. The standard InChI is InChI=1S/C12H19N3O4/c1-12(2,10(16)17)3-4-14-11(18)15-5-6-19-9(7-13)8-15/h9H,3-6,8H2,1-2H3,(H,14,18)(H,16,17). The molecule has 7 heteroatoms. The van der Waals surface area contributed by atoms with E-state index in [4.69, 9.17) is 15.1 Å². The van der Waals surface area contributed by atoms with Crippen LogP contribution >= 0.6 is 0 Å². The maximum Gasteiger partial charge on any atom is 0.317 e. The Morgan fingerprint density at radius 3 is 2.84 bits per heavy atom. The van der Waals surface area contributed by atoms with E-state index in [1.807, 2.05) is 6.07 Å². The van der Waals surface area contributed by atoms with Crippen LogP contribution in [0.1, 0.15) is 20.3 Å². The molecular weight excluding hydrogens is 250 g/mol. The van der Waals surface area contributed by atoms with Gasteiger partial charge in [0.25, 0.3) is 0 Å². The van der Waals surface area contributed by atoms with Crippen molar-refractivity contribution in [2.75, 3.05) is 26.2 Å². The summed E-state index contributed by atoms with van der Waals surface area (Å²) in [5.74, 6) is -0.891. The molecule has 0 bridgehead atoms. The predicted octanol–water partition coefficient (Wildman–Crippen LogP) is 0.421. The normalized spacial score (nSPS) is 19.6. The van der Waals surface area contributed by atoms with Gasteiger partial charge < -0.3 is 20.1 Å². The number of nitriles is 1. The van der Waals surface area contributed by atoms with Crippen LogP contribution in [0.4, 0.5) is 4.79 Å². The summed E-state index contributed by atoms with van der Waals surface area (Å²) in [6, 6.07) is 1.68. The van der Waals surface area contributed by atoms with Crippen molar-refractivity contribution in [3.63, 3.8) is 0 Å². The SMILES string of the molecule is CC(C)(CCNC(=O)N1CCOC(C#N)C1)C(=O)O. The Morgan fingerprint density at radius 1 is 1.58 bits per heavy atom. The minimum Gasteiger partial charge on any atom is -0.481 e. The molecule has 0 spiro atoms. The smallest absolute Gasteiger partial charge is 0.317 e. The van der Waals surface area contributed by atoms with Crippen LogP contribution in [0, 0.1) is 16.7 Å². The molecule has 7 nitrogen and oxygen atoms in total. The average Bonchev–Trinajstić information content (AvgIpc) is 2.38. The number of hydrogen-bond donors (Lipinski definition) is 2. The van der Waals surface area contributed by atoms with Crippen molar-refractivity contribution in [1.29, 1.82) is 5.26 Å². The Kier molecular flexibility index (Phi) is 5.12. The summed E-state index contributed by atoms with van der Waals surface area (Å²) in [6.45, 7) is 4.53. The number of nitrogens with zero attached hydrogens (tertiary/aromatic N) is 2. The number of hydrogen-bond acceptors (Lipinski definition) is 4. The Balaban J connectivity index is 2.36. The first-order valence-corrected chi connectivity index (χ1v) is 6.14. The van der Waals surface area contributed by atoms with Crippen LogP contribution < -0.4 is 5.32 Å². The number of morpholine rings is 1. The highest BCUT2D eigenvalue weighted by Gasteiger charge is 2.28. The molecule has 1 fully saturated rings. The van der Waals surface area contributed by atoms with Crippen molar-refractivity contribution in [2.24, 2.45) is 5.41 Å². The number of carboxylic acid groups (broad SMARTS) is 1. The quantitative estimate of drug-likeness (QED) is 0.770.